The van der Waals surface area contributed by atoms with Crippen molar-refractivity contribution < 1.29 is 4.79 Å². The summed E-state index contributed by atoms with van der Waals surface area (Å²) in [5.41, 5.74) is 1.76. The van der Waals surface area contributed by atoms with Crippen molar-refractivity contribution >= 4 is 18.3 Å². The Morgan fingerprint density at radius 2 is 1.77 bits per heavy atom. The summed E-state index contributed by atoms with van der Waals surface area (Å²) in [6.45, 7) is 8.22. The predicted molar refractivity (Wildman–Crippen MR) is 57.5 cm³/mol. The second-order valence-electron chi connectivity index (χ2n) is 3.12. The van der Waals surface area contributed by atoms with Gasteiger partial charge in [0.05, 0.1) is 0 Å². The van der Waals surface area contributed by atoms with E-state index in [1.54, 1.807) is 6.92 Å². The van der Waals surface area contributed by atoms with Crippen molar-refractivity contribution in [3.63, 3.8) is 0 Å². The number of carbonyl (C=O) groups excluding carboxylic acids is 1. The Hall–Kier alpha value is -0.540. The van der Waals surface area contributed by atoms with Crippen molar-refractivity contribution in [2.45, 2.75) is 34.1 Å². The second kappa shape index (κ2) is 6.92. The zero-order valence-electron chi connectivity index (χ0n) is 8.76. The summed E-state index contributed by atoms with van der Waals surface area (Å²) >= 11 is 0. The van der Waals surface area contributed by atoms with Gasteiger partial charge in [-0.15, -0.1) is 12.4 Å². The highest BCUT2D eigenvalue weighted by molar-refractivity contribution is 5.93. The smallest absolute Gasteiger partial charge is 0.263 e. The van der Waals surface area contributed by atoms with E-state index in [1.807, 2.05) is 20.8 Å². The van der Waals surface area contributed by atoms with Gasteiger partial charge in [-0.2, -0.15) is 0 Å². The van der Waals surface area contributed by atoms with Crippen LogP contribution in [0.5, 0.6) is 0 Å². The Labute approximate surface area is 86.4 Å². The van der Waals surface area contributed by atoms with Gasteiger partial charge >= 0.3 is 0 Å². The molecule has 0 radical (unpaired) electrons. The number of hydrogen-bond donors (Lipinski definition) is 1. The van der Waals surface area contributed by atoms with Crippen LogP contribution in [0.3, 0.4) is 0 Å². The summed E-state index contributed by atoms with van der Waals surface area (Å²) in [7, 11) is 0. The third-order valence-corrected chi connectivity index (χ3v) is 1.80. The van der Waals surface area contributed by atoms with Crippen molar-refractivity contribution in [1.29, 1.82) is 0 Å². The summed E-state index contributed by atoms with van der Waals surface area (Å²) in [6.07, 6.45) is 0.887. The molecule has 0 spiro atoms. The number of carbonyl (C=O) groups is 1. The number of nitrogens with two attached hydrogens (primary N) is 1. The number of halogens is 1. The van der Waals surface area contributed by atoms with Gasteiger partial charge in [0.2, 0.25) is 0 Å². The number of rotatable bonds is 3. The van der Waals surface area contributed by atoms with Gasteiger partial charge in [-0.3, -0.25) is 9.80 Å². The van der Waals surface area contributed by atoms with E-state index in [-0.39, 0.29) is 18.3 Å². The summed E-state index contributed by atoms with van der Waals surface area (Å²) in [5.74, 6) is 5.44. The number of allylic oxidation sites excluding steroid dienone is 1. The van der Waals surface area contributed by atoms with E-state index >= 15 is 0 Å². The Morgan fingerprint density at radius 3 is 2.08 bits per heavy atom. The fraction of sp³-hybridized carbons (Fsp3) is 0.667. The van der Waals surface area contributed by atoms with E-state index in [1.165, 1.54) is 5.01 Å². The Balaban J connectivity index is 0. The third kappa shape index (κ3) is 4.90. The summed E-state index contributed by atoms with van der Waals surface area (Å²) in [5, 5.41) is 1.27. The van der Waals surface area contributed by atoms with E-state index in [9.17, 15) is 4.79 Å². The van der Waals surface area contributed by atoms with E-state index < -0.39 is 0 Å². The fourth-order valence-electron chi connectivity index (χ4n) is 0.772. The van der Waals surface area contributed by atoms with E-state index in [0.29, 0.717) is 6.54 Å². The summed E-state index contributed by atoms with van der Waals surface area (Å²) in [6, 6.07) is 0. The minimum atomic E-state index is -0.0724. The standard InChI is InChI=1S/C9H18N2O.ClH/c1-5-6-11(10)9(12)8(4)7(2)3;/h5-6,10H2,1-4H3;1H. The molecule has 2 N–H and O–H groups in total. The zero-order valence-corrected chi connectivity index (χ0v) is 9.57. The van der Waals surface area contributed by atoms with Gasteiger partial charge in [0, 0.05) is 12.1 Å². The number of amides is 1. The monoisotopic (exact) mass is 206 g/mol. The predicted octanol–water partition coefficient (Wildman–Crippen LogP) is 1.88. The van der Waals surface area contributed by atoms with Gasteiger partial charge < -0.3 is 0 Å². The van der Waals surface area contributed by atoms with Gasteiger partial charge in [-0.05, 0) is 27.2 Å². The van der Waals surface area contributed by atoms with Crippen molar-refractivity contribution in [2.24, 2.45) is 5.84 Å². The Morgan fingerprint density at radius 1 is 1.31 bits per heavy atom. The van der Waals surface area contributed by atoms with Gasteiger partial charge in [-0.1, -0.05) is 12.5 Å². The van der Waals surface area contributed by atoms with Crippen molar-refractivity contribution in [1.82, 2.24) is 5.01 Å². The maximum Gasteiger partial charge on any atom is 0.263 e. The van der Waals surface area contributed by atoms with Crippen LogP contribution >= 0.6 is 12.4 Å². The molecule has 0 fully saturated rings. The molecule has 0 heterocycles. The molecule has 0 saturated carbocycles. The molecule has 4 heteroatoms. The van der Waals surface area contributed by atoms with Gasteiger partial charge in [0.25, 0.3) is 5.91 Å². The molecule has 0 aromatic heterocycles. The molecule has 0 bridgehead atoms. The molecule has 0 aliphatic heterocycles. The first-order valence-electron chi connectivity index (χ1n) is 4.21. The lowest BCUT2D eigenvalue weighted by Crippen LogP contribution is -2.38. The van der Waals surface area contributed by atoms with Crippen molar-refractivity contribution in [3.8, 4) is 0 Å². The molecule has 0 aliphatic carbocycles. The lowest BCUT2D eigenvalue weighted by molar-refractivity contribution is -0.127. The van der Waals surface area contributed by atoms with Gasteiger partial charge in [-0.25, -0.2) is 5.84 Å². The van der Waals surface area contributed by atoms with Crippen LogP contribution < -0.4 is 5.84 Å². The van der Waals surface area contributed by atoms with E-state index in [4.69, 9.17) is 5.84 Å². The van der Waals surface area contributed by atoms with E-state index in [0.717, 1.165) is 17.6 Å². The molecular formula is C9H19ClN2O. The number of hydrazine groups is 1. The van der Waals surface area contributed by atoms with E-state index in [2.05, 4.69) is 0 Å². The molecule has 13 heavy (non-hydrogen) atoms. The van der Waals surface area contributed by atoms with Crippen molar-refractivity contribution in [2.75, 3.05) is 6.54 Å². The first-order chi connectivity index (χ1) is 5.50. The van der Waals surface area contributed by atoms with Crippen LogP contribution in [0.2, 0.25) is 0 Å². The van der Waals surface area contributed by atoms with Crippen LogP contribution in [0.25, 0.3) is 0 Å². The summed E-state index contributed by atoms with van der Waals surface area (Å²) < 4.78 is 0. The minimum Gasteiger partial charge on any atom is -0.277 e. The molecule has 0 atom stereocenters. The highest BCUT2D eigenvalue weighted by atomic mass is 35.5. The lowest BCUT2D eigenvalue weighted by Gasteiger charge is -2.16. The largest absolute Gasteiger partial charge is 0.277 e. The van der Waals surface area contributed by atoms with Crippen LogP contribution in [0, 0.1) is 0 Å². The third-order valence-electron chi connectivity index (χ3n) is 1.80. The maximum absolute atomic E-state index is 11.4. The lowest BCUT2D eigenvalue weighted by atomic mass is 10.1. The Bertz CT molecular complexity index is 198. The highest BCUT2D eigenvalue weighted by Gasteiger charge is 2.10. The highest BCUT2D eigenvalue weighted by Crippen LogP contribution is 2.04. The van der Waals surface area contributed by atoms with Crippen LogP contribution in [0.4, 0.5) is 0 Å². The first kappa shape index (κ1) is 15.0. The molecular weight excluding hydrogens is 188 g/mol. The van der Waals surface area contributed by atoms with Gasteiger partial charge in [0.1, 0.15) is 0 Å². The SMILES string of the molecule is CCCN(N)C(=O)C(C)=C(C)C.Cl. The average molecular weight is 207 g/mol. The molecule has 0 rings (SSSR count). The molecule has 0 unspecified atom stereocenters. The normalized spacial score (nSPS) is 8.69. The molecule has 1 amide bonds. The molecule has 0 aliphatic rings. The zero-order chi connectivity index (χ0) is 9.72. The van der Waals surface area contributed by atoms with Crippen molar-refractivity contribution in [3.05, 3.63) is 11.1 Å². The molecule has 0 aromatic carbocycles. The number of nitrogens with zero attached hydrogens (tertiary/aromatic N) is 1. The fourth-order valence-corrected chi connectivity index (χ4v) is 0.772. The summed E-state index contributed by atoms with van der Waals surface area (Å²) in [4.78, 5) is 11.4. The average Bonchev–Trinajstić information content (AvgIpc) is 2.02. The van der Waals surface area contributed by atoms with Crippen LogP contribution in [0.1, 0.15) is 34.1 Å². The first-order valence-corrected chi connectivity index (χ1v) is 4.21. The Kier molecular flexibility index (Phi) is 7.96. The minimum absolute atomic E-state index is 0. The molecule has 78 valence electrons. The van der Waals surface area contributed by atoms with Crippen LogP contribution in [-0.2, 0) is 4.79 Å². The molecule has 0 saturated heterocycles. The maximum atomic E-state index is 11.4. The van der Waals surface area contributed by atoms with Crippen LogP contribution in [-0.4, -0.2) is 17.5 Å². The number of hydrogen-bond acceptors (Lipinski definition) is 2. The van der Waals surface area contributed by atoms with Gasteiger partial charge in [0.15, 0.2) is 0 Å². The quantitative estimate of drug-likeness (QED) is 0.332. The molecule has 3 nitrogen and oxygen atoms in total. The second-order valence-corrected chi connectivity index (χ2v) is 3.12. The van der Waals surface area contributed by atoms with Crippen LogP contribution in [0.15, 0.2) is 11.1 Å². The molecule has 0 aromatic rings. The topological polar surface area (TPSA) is 46.3 Å².